The van der Waals surface area contributed by atoms with Crippen molar-refractivity contribution in [3.8, 4) is 11.3 Å². The molecule has 5 rings (SSSR count). The van der Waals surface area contributed by atoms with Gasteiger partial charge in [0.1, 0.15) is 0 Å². The van der Waals surface area contributed by atoms with Crippen molar-refractivity contribution in [2.75, 3.05) is 31.9 Å². The van der Waals surface area contributed by atoms with Crippen molar-refractivity contribution in [2.45, 2.75) is 6.92 Å². The van der Waals surface area contributed by atoms with Gasteiger partial charge in [-0.05, 0) is 36.4 Å². The van der Waals surface area contributed by atoms with Crippen molar-refractivity contribution >= 4 is 92.5 Å². The lowest BCUT2D eigenvalue weighted by Gasteiger charge is -2.11. The van der Waals surface area contributed by atoms with E-state index in [0.717, 1.165) is 5.56 Å². The number of aromatic nitrogens is 4. The number of carbonyl (C=O) groups excluding carboxylic acids is 3. The number of amides is 5. The summed E-state index contributed by atoms with van der Waals surface area (Å²) >= 11 is 13.6. The Morgan fingerprint density at radius 1 is 0.636 bits per heavy atom. The number of benzene rings is 3. The van der Waals surface area contributed by atoms with Gasteiger partial charge in [0.2, 0.25) is 23.8 Å². The first kappa shape index (κ1) is 30.2. The van der Waals surface area contributed by atoms with Crippen molar-refractivity contribution < 1.29 is 14.4 Å². The van der Waals surface area contributed by atoms with E-state index in [9.17, 15) is 14.4 Å². The molecule has 0 aliphatic rings. The van der Waals surface area contributed by atoms with Crippen LogP contribution in [0.1, 0.15) is 6.92 Å². The van der Waals surface area contributed by atoms with Crippen LogP contribution in [-0.2, 0) is 4.79 Å². The topological polar surface area (TPSA) is 175 Å². The second-order valence-corrected chi connectivity index (χ2v) is 10.5. The van der Waals surface area contributed by atoms with Gasteiger partial charge >= 0.3 is 12.1 Å². The maximum Gasteiger partial charge on any atom is 0.326 e. The number of halogens is 2. The molecule has 222 valence electrons. The number of nitrogens with one attached hydrogen (secondary N) is 6. The highest BCUT2D eigenvalue weighted by atomic mass is 35.5. The van der Waals surface area contributed by atoms with Gasteiger partial charge in [0.25, 0.3) is 0 Å². The third-order valence-electron chi connectivity index (χ3n) is 5.55. The molecule has 2 aromatic heterocycles. The molecule has 0 radical (unpaired) electrons. The molecule has 5 amide bonds. The molecule has 0 atom stereocenters. The minimum Gasteiger partial charge on any atom is -0.326 e. The monoisotopic (exact) mass is 648 g/mol. The Labute approximate surface area is 264 Å². The standard InChI is InChI=1S/C28H22Cl2N10O3S/c1-15(41)31-17-12-10-16(11-13-17)22-14-44-28(34-22)40-25-36-23(38-26(42)32-20-8-4-2-6-18(20)29)35-24(37-25)39-27(43)33-21-9-5-3-7-19(21)30/h2-14H,1H3,(H,31,41)(H5,32,33,34,35,36,37,38,39,40,42,43). The van der Waals surface area contributed by atoms with Gasteiger partial charge in [0, 0.05) is 23.6 Å². The average molecular weight is 650 g/mol. The van der Waals surface area contributed by atoms with Gasteiger partial charge < -0.3 is 16.0 Å². The average Bonchev–Trinajstić information content (AvgIpc) is 3.44. The van der Waals surface area contributed by atoms with Gasteiger partial charge in [-0.2, -0.15) is 15.0 Å². The van der Waals surface area contributed by atoms with Crippen LogP contribution < -0.4 is 31.9 Å². The second-order valence-electron chi connectivity index (χ2n) is 8.85. The van der Waals surface area contributed by atoms with E-state index in [4.69, 9.17) is 23.2 Å². The second kappa shape index (κ2) is 13.8. The van der Waals surface area contributed by atoms with E-state index in [-0.39, 0.29) is 23.8 Å². The van der Waals surface area contributed by atoms with Crippen LogP contribution in [-0.4, -0.2) is 37.9 Å². The van der Waals surface area contributed by atoms with Gasteiger partial charge in [-0.1, -0.05) is 59.6 Å². The number of para-hydroxylation sites is 2. The summed E-state index contributed by atoms with van der Waals surface area (Å²) in [4.78, 5) is 53.9. The third-order valence-corrected chi connectivity index (χ3v) is 6.97. The largest absolute Gasteiger partial charge is 0.326 e. The van der Waals surface area contributed by atoms with E-state index >= 15 is 0 Å². The quantitative estimate of drug-likeness (QED) is 0.102. The Morgan fingerprint density at radius 3 is 1.68 bits per heavy atom. The lowest BCUT2D eigenvalue weighted by molar-refractivity contribution is -0.114. The Kier molecular flexibility index (Phi) is 9.44. The summed E-state index contributed by atoms with van der Waals surface area (Å²) in [6.07, 6.45) is 0. The van der Waals surface area contributed by atoms with Crippen LogP contribution in [0.5, 0.6) is 0 Å². The predicted octanol–water partition coefficient (Wildman–Crippen LogP) is 7.29. The zero-order valence-electron chi connectivity index (χ0n) is 22.7. The molecule has 0 saturated carbocycles. The van der Waals surface area contributed by atoms with Crippen molar-refractivity contribution in [1.82, 2.24) is 19.9 Å². The molecule has 0 bridgehead atoms. The molecular weight excluding hydrogens is 627 g/mol. The number of nitrogens with zero attached hydrogens (tertiary/aromatic N) is 4. The van der Waals surface area contributed by atoms with Crippen LogP contribution in [0, 0.1) is 0 Å². The number of carbonyl (C=O) groups is 3. The Morgan fingerprint density at radius 2 is 1.16 bits per heavy atom. The molecule has 3 aromatic carbocycles. The molecule has 16 heteroatoms. The molecule has 44 heavy (non-hydrogen) atoms. The zero-order valence-corrected chi connectivity index (χ0v) is 25.0. The minimum atomic E-state index is -0.680. The molecule has 0 spiro atoms. The van der Waals surface area contributed by atoms with Crippen LogP contribution in [0.4, 0.5) is 49.6 Å². The molecule has 2 heterocycles. The van der Waals surface area contributed by atoms with Crippen LogP contribution in [0.2, 0.25) is 10.0 Å². The molecule has 0 fully saturated rings. The third kappa shape index (κ3) is 8.16. The maximum atomic E-state index is 12.7. The fourth-order valence-corrected chi connectivity index (χ4v) is 4.75. The summed E-state index contributed by atoms with van der Waals surface area (Å²) < 4.78 is 0. The number of anilines is 7. The van der Waals surface area contributed by atoms with E-state index in [0.29, 0.717) is 37.9 Å². The SMILES string of the molecule is CC(=O)Nc1ccc(-c2csc(Nc3nc(NC(=O)Nc4ccccc4Cl)nc(NC(=O)Nc4ccccc4Cl)n3)n2)cc1. The fourth-order valence-electron chi connectivity index (χ4n) is 3.67. The minimum absolute atomic E-state index is 0.0111. The van der Waals surface area contributed by atoms with Crippen molar-refractivity contribution in [3.05, 3.63) is 88.2 Å². The molecular formula is C28H22Cl2N10O3S. The van der Waals surface area contributed by atoms with Gasteiger partial charge in [-0.25, -0.2) is 14.6 Å². The summed E-state index contributed by atoms with van der Waals surface area (Å²) in [6.45, 7) is 1.44. The Balaban J connectivity index is 1.35. The molecule has 0 aliphatic heterocycles. The van der Waals surface area contributed by atoms with Crippen molar-refractivity contribution in [2.24, 2.45) is 0 Å². The van der Waals surface area contributed by atoms with E-state index in [1.54, 1.807) is 60.7 Å². The van der Waals surface area contributed by atoms with E-state index in [2.05, 4.69) is 51.8 Å². The van der Waals surface area contributed by atoms with Crippen molar-refractivity contribution in [1.29, 1.82) is 0 Å². The first-order chi connectivity index (χ1) is 21.2. The van der Waals surface area contributed by atoms with E-state index < -0.39 is 12.1 Å². The number of thiazole rings is 1. The lowest BCUT2D eigenvalue weighted by atomic mass is 10.1. The highest BCUT2D eigenvalue weighted by molar-refractivity contribution is 7.14. The molecule has 13 nitrogen and oxygen atoms in total. The van der Waals surface area contributed by atoms with Crippen LogP contribution in [0.15, 0.2) is 78.2 Å². The van der Waals surface area contributed by atoms with Gasteiger partial charge in [-0.15, -0.1) is 11.3 Å². The number of rotatable bonds is 8. The summed E-state index contributed by atoms with van der Waals surface area (Å²) in [7, 11) is 0. The van der Waals surface area contributed by atoms with Gasteiger partial charge in [0.05, 0.1) is 27.1 Å². The molecule has 5 aromatic rings. The molecule has 0 unspecified atom stereocenters. The zero-order chi connectivity index (χ0) is 31.1. The lowest BCUT2D eigenvalue weighted by Crippen LogP contribution is -2.24. The summed E-state index contributed by atoms with van der Waals surface area (Å²) in [6, 6.07) is 19.2. The van der Waals surface area contributed by atoms with Gasteiger partial charge in [-0.3, -0.25) is 20.7 Å². The molecule has 0 saturated heterocycles. The molecule has 6 N–H and O–H groups in total. The molecule has 0 aliphatic carbocycles. The fraction of sp³-hybridized carbons (Fsp3) is 0.0357. The number of urea groups is 2. The summed E-state index contributed by atoms with van der Waals surface area (Å²) in [5, 5.41) is 18.9. The smallest absolute Gasteiger partial charge is 0.326 e. The first-order valence-corrected chi connectivity index (χ1v) is 14.4. The summed E-state index contributed by atoms with van der Waals surface area (Å²) in [5.41, 5.74) is 2.89. The predicted molar refractivity (Wildman–Crippen MR) is 173 cm³/mol. The maximum absolute atomic E-state index is 12.7. The van der Waals surface area contributed by atoms with Crippen LogP contribution in [0.3, 0.4) is 0 Å². The van der Waals surface area contributed by atoms with Crippen LogP contribution in [0.25, 0.3) is 11.3 Å². The van der Waals surface area contributed by atoms with Crippen LogP contribution >= 0.6 is 34.5 Å². The highest BCUT2D eigenvalue weighted by Crippen LogP contribution is 2.28. The Hall–Kier alpha value is -5.31. The Bertz CT molecular complexity index is 1760. The highest BCUT2D eigenvalue weighted by Gasteiger charge is 2.15. The van der Waals surface area contributed by atoms with E-state index in [1.165, 1.54) is 18.3 Å². The summed E-state index contributed by atoms with van der Waals surface area (Å²) in [5.74, 6) is -0.528. The van der Waals surface area contributed by atoms with Gasteiger partial charge in [0.15, 0.2) is 5.13 Å². The normalized spacial score (nSPS) is 10.4. The van der Waals surface area contributed by atoms with Crippen molar-refractivity contribution in [3.63, 3.8) is 0 Å². The number of hydrogen-bond acceptors (Lipinski definition) is 9. The number of hydrogen-bond donors (Lipinski definition) is 6. The van der Waals surface area contributed by atoms with E-state index in [1.807, 2.05) is 17.5 Å². The first-order valence-electron chi connectivity index (χ1n) is 12.7.